The van der Waals surface area contributed by atoms with Crippen LogP contribution >= 0.6 is 0 Å². The third-order valence-corrected chi connectivity index (χ3v) is 2.47. The van der Waals surface area contributed by atoms with Gasteiger partial charge in [-0.2, -0.15) is 0 Å². The van der Waals surface area contributed by atoms with Crippen LogP contribution in [0.5, 0.6) is 5.75 Å². The van der Waals surface area contributed by atoms with Crippen molar-refractivity contribution in [2.75, 3.05) is 0 Å². The van der Waals surface area contributed by atoms with E-state index in [-0.39, 0.29) is 12.5 Å². The molecule has 1 atom stereocenters. The molecule has 1 aromatic carbocycles. The van der Waals surface area contributed by atoms with E-state index in [2.05, 4.69) is 0 Å². The molecule has 0 heterocycles. The Balaban J connectivity index is 2.38. The Morgan fingerprint density at radius 3 is 2.94 bits per heavy atom. The topological polar surface area (TPSA) is 72.5 Å². The maximum absolute atomic E-state index is 10.4. The molecule has 0 aliphatic rings. The van der Waals surface area contributed by atoms with Gasteiger partial charge in [0.25, 0.3) is 0 Å². The zero-order valence-electron chi connectivity index (χ0n) is 10.1. The van der Waals surface area contributed by atoms with E-state index in [0.717, 1.165) is 17.7 Å². The van der Waals surface area contributed by atoms with Gasteiger partial charge < -0.3 is 15.6 Å². The molecule has 0 aromatic heterocycles. The molecule has 0 fully saturated rings. The summed E-state index contributed by atoms with van der Waals surface area (Å²) >= 11 is 0. The number of rotatable bonds is 7. The minimum atomic E-state index is -0.762. The van der Waals surface area contributed by atoms with Gasteiger partial charge in [0.2, 0.25) is 0 Å². The minimum absolute atomic E-state index is 0.0161. The molecule has 1 rings (SSSR count). The lowest BCUT2D eigenvalue weighted by atomic mass is 10.1. The van der Waals surface area contributed by atoms with Gasteiger partial charge in [-0.15, -0.1) is 0 Å². The predicted molar refractivity (Wildman–Crippen MR) is 65.9 cm³/mol. The number of carboxylic acid groups (broad SMARTS) is 1. The molecule has 1 aromatic rings. The van der Waals surface area contributed by atoms with E-state index in [1.807, 2.05) is 31.2 Å². The van der Waals surface area contributed by atoms with Crippen LogP contribution in [0.25, 0.3) is 0 Å². The smallest absolute Gasteiger partial charge is 0.303 e. The SMILES string of the molecule is CC(CCCC(=O)O)Oc1cccc(CN)c1. The quantitative estimate of drug-likeness (QED) is 0.762. The third kappa shape index (κ3) is 5.36. The number of aliphatic carboxylic acids is 1. The molecular weight excluding hydrogens is 218 g/mol. The van der Waals surface area contributed by atoms with E-state index in [9.17, 15) is 4.79 Å². The molecule has 0 aliphatic heterocycles. The van der Waals surface area contributed by atoms with Gasteiger partial charge in [-0.1, -0.05) is 12.1 Å². The normalized spacial score (nSPS) is 12.1. The molecule has 1 unspecified atom stereocenters. The second-order valence-corrected chi connectivity index (χ2v) is 4.07. The Morgan fingerprint density at radius 1 is 1.53 bits per heavy atom. The van der Waals surface area contributed by atoms with Crippen LogP contribution in [0.15, 0.2) is 24.3 Å². The second kappa shape index (κ2) is 6.91. The first-order chi connectivity index (χ1) is 8.11. The number of nitrogens with two attached hydrogens (primary N) is 1. The molecule has 4 nitrogen and oxygen atoms in total. The van der Waals surface area contributed by atoms with Crippen molar-refractivity contribution in [2.45, 2.75) is 38.8 Å². The summed E-state index contributed by atoms with van der Waals surface area (Å²) in [4.78, 5) is 10.4. The molecule has 94 valence electrons. The number of carbonyl (C=O) groups is 1. The lowest BCUT2D eigenvalue weighted by Crippen LogP contribution is -2.12. The van der Waals surface area contributed by atoms with Gasteiger partial charge in [0.1, 0.15) is 5.75 Å². The molecule has 0 bridgehead atoms. The summed E-state index contributed by atoms with van der Waals surface area (Å²) in [5.41, 5.74) is 6.57. The first-order valence-corrected chi connectivity index (χ1v) is 5.79. The zero-order valence-corrected chi connectivity index (χ0v) is 10.1. The van der Waals surface area contributed by atoms with Gasteiger partial charge in [-0.3, -0.25) is 4.79 Å². The molecule has 0 saturated heterocycles. The van der Waals surface area contributed by atoms with Gasteiger partial charge in [0.05, 0.1) is 6.10 Å². The fourth-order valence-corrected chi connectivity index (χ4v) is 1.58. The van der Waals surface area contributed by atoms with Crippen molar-refractivity contribution in [3.05, 3.63) is 29.8 Å². The monoisotopic (exact) mass is 237 g/mol. The Labute approximate surface area is 101 Å². The number of hydrogen-bond acceptors (Lipinski definition) is 3. The highest BCUT2D eigenvalue weighted by Crippen LogP contribution is 2.16. The van der Waals surface area contributed by atoms with E-state index >= 15 is 0 Å². The maximum Gasteiger partial charge on any atom is 0.303 e. The maximum atomic E-state index is 10.4. The van der Waals surface area contributed by atoms with Crippen LogP contribution in [0.3, 0.4) is 0 Å². The van der Waals surface area contributed by atoms with E-state index < -0.39 is 5.97 Å². The summed E-state index contributed by atoms with van der Waals surface area (Å²) in [5, 5.41) is 8.53. The number of ether oxygens (including phenoxy) is 1. The molecule has 17 heavy (non-hydrogen) atoms. The highest BCUT2D eigenvalue weighted by molar-refractivity contribution is 5.66. The van der Waals surface area contributed by atoms with Crippen LogP contribution in [0.4, 0.5) is 0 Å². The standard InChI is InChI=1S/C13H19NO3/c1-10(4-2-7-13(15)16)17-12-6-3-5-11(8-12)9-14/h3,5-6,8,10H,2,4,7,9,14H2,1H3,(H,15,16). The Kier molecular flexibility index (Phi) is 5.49. The largest absolute Gasteiger partial charge is 0.491 e. The van der Waals surface area contributed by atoms with Crippen LogP contribution in [0.2, 0.25) is 0 Å². The van der Waals surface area contributed by atoms with E-state index in [1.165, 1.54) is 0 Å². The summed E-state index contributed by atoms with van der Waals surface area (Å²) in [7, 11) is 0. The average molecular weight is 237 g/mol. The van der Waals surface area contributed by atoms with Crippen molar-refractivity contribution in [2.24, 2.45) is 5.73 Å². The first kappa shape index (κ1) is 13.5. The summed E-state index contributed by atoms with van der Waals surface area (Å²) in [5.74, 6) is 0.0260. The van der Waals surface area contributed by atoms with Crippen molar-refractivity contribution >= 4 is 5.97 Å². The minimum Gasteiger partial charge on any atom is -0.491 e. The molecule has 0 radical (unpaired) electrons. The van der Waals surface area contributed by atoms with Gasteiger partial charge in [0.15, 0.2) is 0 Å². The summed E-state index contributed by atoms with van der Waals surface area (Å²) in [6.07, 6.45) is 1.57. The zero-order chi connectivity index (χ0) is 12.7. The van der Waals surface area contributed by atoms with Crippen LogP contribution in [-0.4, -0.2) is 17.2 Å². The highest BCUT2D eigenvalue weighted by atomic mass is 16.5. The Bertz CT molecular complexity index is 365. The molecule has 0 aliphatic carbocycles. The van der Waals surface area contributed by atoms with Crippen molar-refractivity contribution in [1.29, 1.82) is 0 Å². The lowest BCUT2D eigenvalue weighted by molar-refractivity contribution is -0.137. The molecule has 0 spiro atoms. The van der Waals surface area contributed by atoms with Crippen molar-refractivity contribution in [3.63, 3.8) is 0 Å². The molecule has 0 amide bonds. The van der Waals surface area contributed by atoms with E-state index in [4.69, 9.17) is 15.6 Å². The van der Waals surface area contributed by atoms with Gasteiger partial charge in [0, 0.05) is 13.0 Å². The highest BCUT2D eigenvalue weighted by Gasteiger charge is 2.06. The lowest BCUT2D eigenvalue weighted by Gasteiger charge is -2.14. The number of hydrogen-bond donors (Lipinski definition) is 2. The molecular formula is C13H19NO3. The fourth-order valence-electron chi connectivity index (χ4n) is 1.58. The number of carboxylic acids is 1. The fraction of sp³-hybridized carbons (Fsp3) is 0.462. The molecule has 4 heteroatoms. The van der Waals surface area contributed by atoms with Gasteiger partial charge in [-0.25, -0.2) is 0 Å². The van der Waals surface area contributed by atoms with Crippen molar-refractivity contribution in [3.8, 4) is 5.75 Å². The predicted octanol–water partition coefficient (Wildman–Crippen LogP) is 2.17. The summed E-state index contributed by atoms with van der Waals surface area (Å²) < 4.78 is 5.69. The Hall–Kier alpha value is -1.55. The first-order valence-electron chi connectivity index (χ1n) is 5.79. The number of benzene rings is 1. The third-order valence-electron chi connectivity index (χ3n) is 2.47. The van der Waals surface area contributed by atoms with E-state index in [0.29, 0.717) is 13.0 Å². The van der Waals surface area contributed by atoms with Crippen molar-refractivity contribution in [1.82, 2.24) is 0 Å². The second-order valence-electron chi connectivity index (χ2n) is 4.07. The van der Waals surface area contributed by atoms with Crippen LogP contribution in [0.1, 0.15) is 31.7 Å². The van der Waals surface area contributed by atoms with Gasteiger partial charge >= 0.3 is 5.97 Å². The van der Waals surface area contributed by atoms with Crippen molar-refractivity contribution < 1.29 is 14.6 Å². The summed E-state index contributed by atoms with van der Waals surface area (Å²) in [6, 6.07) is 7.64. The van der Waals surface area contributed by atoms with Crippen LogP contribution < -0.4 is 10.5 Å². The molecule has 0 saturated carbocycles. The Morgan fingerprint density at radius 2 is 2.29 bits per heavy atom. The summed E-state index contributed by atoms with van der Waals surface area (Å²) in [6.45, 7) is 2.43. The molecule has 3 N–H and O–H groups in total. The van der Waals surface area contributed by atoms with E-state index in [1.54, 1.807) is 0 Å². The average Bonchev–Trinajstić information content (AvgIpc) is 2.28. The van der Waals surface area contributed by atoms with Gasteiger partial charge in [-0.05, 0) is 37.5 Å². The van der Waals surface area contributed by atoms with Crippen LogP contribution in [-0.2, 0) is 11.3 Å². The van der Waals surface area contributed by atoms with Crippen LogP contribution in [0, 0.1) is 0 Å².